The molecule has 1 fully saturated rings. The summed E-state index contributed by atoms with van der Waals surface area (Å²) in [6, 6.07) is 0. The lowest BCUT2D eigenvalue weighted by Gasteiger charge is -2.14. The molecule has 4 nitrogen and oxygen atoms in total. The number of ether oxygens (including phenoxy) is 1. The van der Waals surface area contributed by atoms with Crippen LogP contribution in [0, 0.1) is 11.8 Å². The van der Waals surface area contributed by atoms with Gasteiger partial charge in [0.15, 0.2) is 0 Å². The van der Waals surface area contributed by atoms with E-state index >= 15 is 0 Å². The van der Waals surface area contributed by atoms with Crippen molar-refractivity contribution < 1.29 is 4.74 Å². The number of azide groups is 1. The van der Waals surface area contributed by atoms with Crippen LogP contribution in [0.4, 0.5) is 0 Å². The van der Waals surface area contributed by atoms with E-state index in [4.69, 9.17) is 10.3 Å². The van der Waals surface area contributed by atoms with E-state index in [9.17, 15) is 0 Å². The van der Waals surface area contributed by atoms with Crippen LogP contribution in [-0.2, 0) is 4.74 Å². The maximum absolute atomic E-state index is 8.15. The standard InChI is InChI=1S/C9H17N3O/c1-3-7(2)8-4-9(13-6-8)5-11-12-10/h7-9H,3-6H2,1-2H3/t7-,8+,9+/m0/s1. The van der Waals surface area contributed by atoms with E-state index < -0.39 is 0 Å². The third-order valence-electron chi connectivity index (χ3n) is 2.91. The molecule has 0 amide bonds. The minimum absolute atomic E-state index is 0.162. The number of hydrogen-bond donors (Lipinski definition) is 0. The van der Waals surface area contributed by atoms with Crippen molar-refractivity contribution >= 4 is 0 Å². The smallest absolute Gasteiger partial charge is 0.0635 e. The van der Waals surface area contributed by atoms with E-state index in [1.165, 1.54) is 6.42 Å². The van der Waals surface area contributed by atoms with Crippen LogP contribution in [-0.4, -0.2) is 19.3 Å². The fourth-order valence-corrected chi connectivity index (χ4v) is 1.72. The zero-order valence-electron chi connectivity index (χ0n) is 8.31. The monoisotopic (exact) mass is 183 g/mol. The second-order valence-electron chi connectivity index (χ2n) is 3.75. The topological polar surface area (TPSA) is 58.0 Å². The van der Waals surface area contributed by atoms with Crippen molar-refractivity contribution in [2.75, 3.05) is 13.2 Å². The van der Waals surface area contributed by atoms with Crippen LogP contribution in [0.1, 0.15) is 26.7 Å². The Morgan fingerprint density at radius 2 is 2.46 bits per heavy atom. The Morgan fingerprint density at radius 3 is 3.08 bits per heavy atom. The highest BCUT2D eigenvalue weighted by Crippen LogP contribution is 2.28. The molecule has 1 heterocycles. The molecule has 4 heteroatoms. The highest BCUT2D eigenvalue weighted by atomic mass is 16.5. The molecule has 1 aliphatic rings. The van der Waals surface area contributed by atoms with Gasteiger partial charge in [0.2, 0.25) is 0 Å². The molecular formula is C9H17N3O. The van der Waals surface area contributed by atoms with Crippen LogP contribution in [0.3, 0.4) is 0 Å². The Labute approximate surface area is 78.9 Å². The van der Waals surface area contributed by atoms with E-state index in [0.717, 1.165) is 18.9 Å². The minimum atomic E-state index is 0.162. The molecule has 0 aliphatic carbocycles. The fourth-order valence-electron chi connectivity index (χ4n) is 1.72. The first-order valence-electron chi connectivity index (χ1n) is 4.90. The lowest BCUT2D eigenvalue weighted by molar-refractivity contribution is 0.108. The zero-order valence-corrected chi connectivity index (χ0v) is 8.31. The maximum Gasteiger partial charge on any atom is 0.0635 e. The molecule has 0 radical (unpaired) electrons. The van der Waals surface area contributed by atoms with Crippen molar-refractivity contribution in [3.63, 3.8) is 0 Å². The Bertz CT molecular complexity index is 201. The van der Waals surface area contributed by atoms with Crippen molar-refractivity contribution in [1.82, 2.24) is 0 Å². The summed E-state index contributed by atoms with van der Waals surface area (Å²) in [5, 5.41) is 3.53. The normalized spacial score (nSPS) is 29.7. The average molecular weight is 183 g/mol. The van der Waals surface area contributed by atoms with Gasteiger partial charge in [0.1, 0.15) is 0 Å². The highest BCUT2D eigenvalue weighted by Gasteiger charge is 2.27. The molecule has 0 bridgehead atoms. The summed E-state index contributed by atoms with van der Waals surface area (Å²) in [6.45, 7) is 5.78. The molecule has 0 saturated carbocycles. The van der Waals surface area contributed by atoms with Gasteiger partial charge in [-0.25, -0.2) is 0 Å². The first-order valence-corrected chi connectivity index (χ1v) is 4.90. The molecule has 3 atom stereocenters. The molecule has 74 valence electrons. The van der Waals surface area contributed by atoms with Crippen molar-refractivity contribution in [2.24, 2.45) is 17.0 Å². The van der Waals surface area contributed by atoms with Crippen LogP contribution in [0.25, 0.3) is 10.4 Å². The summed E-state index contributed by atoms with van der Waals surface area (Å²) in [6.07, 6.45) is 2.41. The zero-order chi connectivity index (χ0) is 9.68. The van der Waals surface area contributed by atoms with E-state index in [2.05, 4.69) is 23.9 Å². The van der Waals surface area contributed by atoms with Gasteiger partial charge in [0.25, 0.3) is 0 Å². The van der Waals surface area contributed by atoms with Gasteiger partial charge in [0.05, 0.1) is 19.3 Å². The molecule has 13 heavy (non-hydrogen) atoms. The lowest BCUT2D eigenvalue weighted by Crippen LogP contribution is -2.12. The fraction of sp³-hybridized carbons (Fsp3) is 1.00. The van der Waals surface area contributed by atoms with E-state index in [1.807, 2.05) is 0 Å². The summed E-state index contributed by atoms with van der Waals surface area (Å²) in [5.41, 5.74) is 8.15. The van der Waals surface area contributed by atoms with Gasteiger partial charge < -0.3 is 4.74 Å². The molecule has 1 aliphatic heterocycles. The summed E-state index contributed by atoms with van der Waals surface area (Å²) in [4.78, 5) is 2.73. The number of rotatable bonds is 4. The molecule has 0 N–H and O–H groups in total. The molecule has 0 aromatic rings. The van der Waals surface area contributed by atoms with Gasteiger partial charge in [-0.3, -0.25) is 0 Å². The predicted molar refractivity (Wildman–Crippen MR) is 51.3 cm³/mol. The van der Waals surface area contributed by atoms with E-state index in [-0.39, 0.29) is 6.10 Å². The quantitative estimate of drug-likeness (QED) is 0.375. The van der Waals surface area contributed by atoms with Gasteiger partial charge in [-0.05, 0) is 23.8 Å². The number of nitrogens with zero attached hydrogens (tertiary/aromatic N) is 3. The Kier molecular flexibility index (Phi) is 4.06. The molecule has 0 spiro atoms. The van der Waals surface area contributed by atoms with Crippen LogP contribution in [0.15, 0.2) is 5.11 Å². The number of hydrogen-bond acceptors (Lipinski definition) is 2. The summed E-state index contributed by atoms with van der Waals surface area (Å²) in [5.74, 6) is 1.37. The van der Waals surface area contributed by atoms with Crippen LogP contribution in [0.5, 0.6) is 0 Å². The summed E-state index contributed by atoms with van der Waals surface area (Å²) < 4.78 is 5.53. The molecule has 0 unspecified atom stereocenters. The minimum Gasteiger partial charge on any atom is -0.378 e. The average Bonchev–Trinajstić information content (AvgIpc) is 2.62. The summed E-state index contributed by atoms with van der Waals surface area (Å²) in [7, 11) is 0. The van der Waals surface area contributed by atoms with Gasteiger partial charge >= 0.3 is 0 Å². The highest BCUT2D eigenvalue weighted by molar-refractivity contribution is 4.78. The van der Waals surface area contributed by atoms with Gasteiger partial charge in [-0.1, -0.05) is 25.4 Å². The molecule has 0 aromatic carbocycles. The SMILES string of the molecule is CC[C@H](C)[C@H]1CO[C@@H](CN=[N+]=[N-])C1. The van der Waals surface area contributed by atoms with Crippen molar-refractivity contribution in [1.29, 1.82) is 0 Å². The van der Waals surface area contributed by atoms with Crippen molar-refractivity contribution in [2.45, 2.75) is 32.8 Å². The first-order chi connectivity index (χ1) is 6.27. The second kappa shape index (κ2) is 5.10. The molecule has 1 saturated heterocycles. The van der Waals surface area contributed by atoms with E-state index in [1.54, 1.807) is 0 Å². The van der Waals surface area contributed by atoms with Gasteiger partial charge in [-0.15, -0.1) is 0 Å². The third-order valence-corrected chi connectivity index (χ3v) is 2.91. The molecule has 0 aromatic heterocycles. The molecule has 1 rings (SSSR count). The lowest BCUT2D eigenvalue weighted by atomic mass is 9.90. The van der Waals surface area contributed by atoms with Crippen LogP contribution >= 0.6 is 0 Å². The maximum atomic E-state index is 8.15. The first kappa shape index (κ1) is 10.4. The van der Waals surface area contributed by atoms with Crippen molar-refractivity contribution in [3.05, 3.63) is 10.4 Å². The summed E-state index contributed by atoms with van der Waals surface area (Å²) >= 11 is 0. The third kappa shape index (κ3) is 2.90. The van der Waals surface area contributed by atoms with E-state index in [0.29, 0.717) is 12.5 Å². The Morgan fingerprint density at radius 1 is 1.69 bits per heavy atom. The van der Waals surface area contributed by atoms with Crippen LogP contribution < -0.4 is 0 Å². The Hall–Kier alpha value is -0.730. The van der Waals surface area contributed by atoms with Crippen molar-refractivity contribution in [3.8, 4) is 0 Å². The predicted octanol–water partition coefficient (Wildman–Crippen LogP) is 2.75. The van der Waals surface area contributed by atoms with Gasteiger partial charge in [-0.2, -0.15) is 0 Å². The second-order valence-corrected chi connectivity index (χ2v) is 3.75. The molecular weight excluding hydrogens is 166 g/mol. The largest absolute Gasteiger partial charge is 0.378 e. The Balaban J connectivity index is 2.31. The van der Waals surface area contributed by atoms with Gasteiger partial charge in [0, 0.05) is 4.91 Å². The van der Waals surface area contributed by atoms with Crippen LogP contribution in [0.2, 0.25) is 0 Å².